The molecular weight excluding hydrogens is 455 g/mol. The average molecular weight is 483 g/mol. The van der Waals surface area contributed by atoms with Crippen LogP contribution in [0.5, 0.6) is 0 Å². The first-order valence-corrected chi connectivity index (χ1v) is 10.1. The van der Waals surface area contributed by atoms with Crippen LogP contribution in [0.1, 0.15) is 37.3 Å². The number of carbonyl (C=O) groups is 3. The van der Waals surface area contributed by atoms with Crippen molar-refractivity contribution >= 4 is 42.6 Å². The first-order valence-electron chi connectivity index (χ1n) is 10.1. The lowest BCUT2D eigenvalue weighted by Crippen LogP contribution is -2.50. The van der Waals surface area contributed by atoms with Crippen molar-refractivity contribution < 1.29 is 19.2 Å². The van der Waals surface area contributed by atoms with Gasteiger partial charge in [-0.15, -0.1) is 24.8 Å². The molecule has 1 aliphatic rings. The molecule has 174 valence electrons. The minimum absolute atomic E-state index is 0. The maximum absolute atomic E-state index is 13.1. The summed E-state index contributed by atoms with van der Waals surface area (Å²) < 4.78 is 0. The van der Waals surface area contributed by atoms with Crippen molar-refractivity contribution in [3.63, 3.8) is 0 Å². The summed E-state index contributed by atoms with van der Waals surface area (Å²) in [6.45, 7) is 2.15. The summed E-state index contributed by atoms with van der Waals surface area (Å²) in [4.78, 5) is 52.7. The van der Waals surface area contributed by atoms with Gasteiger partial charge >= 0.3 is 5.97 Å². The van der Waals surface area contributed by atoms with Crippen molar-refractivity contribution in [2.24, 2.45) is 0 Å². The van der Waals surface area contributed by atoms with E-state index in [1.165, 1.54) is 11.8 Å². The average Bonchev–Trinajstić information content (AvgIpc) is 2.76. The lowest BCUT2D eigenvalue weighted by molar-refractivity contribution is -0.206. The topological polar surface area (TPSA) is 92.7 Å². The number of nitrogens with zero attached hydrogens (tertiary/aromatic N) is 4. The molecule has 1 aliphatic heterocycles. The van der Waals surface area contributed by atoms with Crippen LogP contribution in [0.2, 0.25) is 0 Å². The van der Waals surface area contributed by atoms with Crippen molar-refractivity contribution in [3.8, 4) is 0 Å². The van der Waals surface area contributed by atoms with Crippen molar-refractivity contribution in [1.82, 2.24) is 19.9 Å². The van der Waals surface area contributed by atoms with Gasteiger partial charge < -0.3 is 9.74 Å². The molecule has 0 aromatic carbocycles. The first-order chi connectivity index (χ1) is 14.5. The number of halogens is 2. The van der Waals surface area contributed by atoms with Crippen molar-refractivity contribution in [1.29, 1.82) is 0 Å². The minimum Gasteiger partial charge on any atom is -0.336 e. The second kappa shape index (κ2) is 13.6. The molecule has 1 unspecified atom stereocenters. The molecule has 2 amide bonds. The highest BCUT2D eigenvalue weighted by Gasteiger charge is 2.33. The smallest absolute Gasteiger partial charge is 0.336 e. The number of pyridine rings is 2. The van der Waals surface area contributed by atoms with Crippen LogP contribution in [0.3, 0.4) is 0 Å². The van der Waals surface area contributed by atoms with Gasteiger partial charge in [0, 0.05) is 51.1 Å². The van der Waals surface area contributed by atoms with Gasteiger partial charge in [-0.2, -0.15) is 5.06 Å². The Hall–Kier alpha value is -2.71. The molecule has 1 fully saturated rings. The van der Waals surface area contributed by atoms with E-state index in [2.05, 4.69) is 9.97 Å². The van der Waals surface area contributed by atoms with Crippen LogP contribution in [-0.4, -0.2) is 56.8 Å². The Morgan fingerprint density at radius 3 is 2.47 bits per heavy atom. The molecule has 0 saturated carbocycles. The highest BCUT2D eigenvalue weighted by atomic mass is 35.5. The van der Waals surface area contributed by atoms with Gasteiger partial charge in [0.05, 0.1) is 6.54 Å². The monoisotopic (exact) mass is 482 g/mol. The minimum atomic E-state index is -0.858. The summed E-state index contributed by atoms with van der Waals surface area (Å²) in [5.74, 6) is -1.06. The predicted molar refractivity (Wildman–Crippen MR) is 123 cm³/mol. The normalized spacial score (nSPS) is 13.9. The van der Waals surface area contributed by atoms with E-state index in [1.807, 2.05) is 18.2 Å². The largest absolute Gasteiger partial charge is 0.355 e. The molecule has 0 radical (unpaired) electrons. The Morgan fingerprint density at radius 1 is 1.09 bits per heavy atom. The fourth-order valence-electron chi connectivity index (χ4n) is 3.44. The van der Waals surface area contributed by atoms with Gasteiger partial charge in [-0.3, -0.25) is 19.6 Å². The summed E-state index contributed by atoms with van der Waals surface area (Å²) in [6.07, 6.45) is 9.45. The Morgan fingerprint density at radius 2 is 1.84 bits per heavy atom. The molecule has 0 N–H and O–H groups in total. The highest BCUT2D eigenvalue weighted by molar-refractivity contribution is 5.86. The Balaban J connectivity index is 0.00000256. The quantitative estimate of drug-likeness (QED) is 0.574. The third kappa shape index (κ3) is 7.76. The SMILES string of the molecule is CC(=O)N(CCc1ccncc1)C(Cc1cccnc1)C(=O)ON1CCCCC1=O.Cl.Cl. The number of hydrogen-bond acceptors (Lipinski definition) is 6. The molecule has 2 aromatic rings. The predicted octanol–water partition coefficient (Wildman–Crippen LogP) is 2.79. The summed E-state index contributed by atoms with van der Waals surface area (Å²) in [5.41, 5.74) is 1.82. The summed E-state index contributed by atoms with van der Waals surface area (Å²) >= 11 is 0. The van der Waals surface area contributed by atoms with Crippen LogP contribution in [0.15, 0.2) is 49.1 Å². The zero-order valence-electron chi connectivity index (χ0n) is 17.9. The maximum Gasteiger partial charge on any atom is 0.355 e. The van der Waals surface area contributed by atoms with Gasteiger partial charge in [0.2, 0.25) is 5.91 Å². The lowest BCUT2D eigenvalue weighted by atomic mass is 10.0. The highest BCUT2D eigenvalue weighted by Crippen LogP contribution is 2.16. The molecule has 10 heteroatoms. The maximum atomic E-state index is 13.1. The summed E-state index contributed by atoms with van der Waals surface area (Å²) in [6, 6.07) is 6.52. The van der Waals surface area contributed by atoms with Crippen LogP contribution in [-0.2, 0) is 32.1 Å². The number of rotatable bonds is 8. The van der Waals surface area contributed by atoms with Crippen molar-refractivity contribution in [2.75, 3.05) is 13.1 Å². The van der Waals surface area contributed by atoms with E-state index in [1.54, 1.807) is 30.9 Å². The van der Waals surface area contributed by atoms with Crippen LogP contribution in [0.25, 0.3) is 0 Å². The van der Waals surface area contributed by atoms with Gasteiger partial charge in [-0.25, -0.2) is 4.79 Å². The van der Waals surface area contributed by atoms with Crippen molar-refractivity contribution in [3.05, 3.63) is 60.2 Å². The molecule has 0 spiro atoms. The van der Waals surface area contributed by atoms with Gasteiger partial charge in [0.1, 0.15) is 6.04 Å². The van der Waals surface area contributed by atoms with E-state index in [0.29, 0.717) is 25.9 Å². The second-order valence-electron chi connectivity index (χ2n) is 7.26. The van der Waals surface area contributed by atoms with Gasteiger partial charge in [0.25, 0.3) is 5.91 Å². The fraction of sp³-hybridized carbons (Fsp3) is 0.409. The number of piperidine rings is 1. The standard InChI is InChI=1S/C22H26N4O4.2ClH/c1-17(27)25(14-9-18-7-11-23-12-8-18)20(15-19-5-4-10-24-16-19)22(29)30-26-13-3-2-6-21(26)28;;/h4-5,7-8,10-12,16,20H,2-3,6,9,13-15H2,1H3;2*1H. The van der Waals surface area contributed by atoms with E-state index in [4.69, 9.17) is 4.84 Å². The number of amides is 2. The first kappa shape index (κ1) is 27.3. The molecule has 8 nitrogen and oxygen atoms in total. The van der Waals surface area contributed by atoms with Gasteiger partial charge in [-0.1, -0.05) is 6.07 Å². The number of aromatic nitrogens is 2. The Kier molecular flexibility index (Phi) is 11.7. The Labute approximate surface area is 200 Å². The van der Waals surface area contributed by atoms with E-state index < -0.39 is 12.0 Å². The zero-order chi connectivity index (χ0) is 21.3. The van der Waals surface area contributed by atoms with E-state index in [-0.39, 0.29) is 43.0 Å². The lowest BCUT2D eigenvalue weighted by Gasteiger charge is -2.32. The fourth-order valence-corrected chi connectivity index (χ4v) is 3.44. The molecule has 0 bridgehead atoms. The molecular formula is C22H28Cl2N4O4. The zero-order valence-corrected chi connectivity index (χ0v) is 19.5. The molecule has 2 aromatic heterocycles. The summed E-state index contributed by atoms with van der Waals surface area (Å²) in [5, 5.41) is 1.13. The summed E-state index contributed by atoms with van der Waals surface area (Å²) in [7, 11) is 0. The molecule has 32 heavy (non-hydrogen) atoms. The third-order valence-electron chi connectivity index (χ3n) is 5.08. The molecule has 0 aliphatic carbocycles. The molecule has 3 rings (SSSR count). The van der Waals surface area contributed by atoms with Gasteiger partial charge in [0.15, 0.2) is 0 Å². The van der Waals surface area contributed by atoms with Crippen LogP contribution in [0, 0.1) is 0 Å². The van der Waals surface area contributed by atoms with Crippen LogP contribution < -0.4 is 0 Å². The van der Waals surface area contributed by atoms with Crippen LogP contribution in [0.4, 0.5) is 0 Å². The van der Waals surface area contributed by atoms with Gasteiger partial charge in [-0.05, 0) is 48.6 Å². The second-order valence-corrected chi connectivity index (χ2v) is 7.26. The van der Waals surface area contributed by atoms with E-state index >= 15 is 0 Å². The molecule has 1 saturated heterocycles. The number of hydrogen-bond donors (Lipinski definition) is 0. The third-order valence-corrected chi connectivity index (χ3v) is 5.08. The van der Waals surface area contributed by atoms with E-state index in [0.717, 1.165) is 29.0 Å². The Bertz CT molecular complexity index is 871. The number of carbonyl (C=O) groups excluding carboxylic acids is 3. The molecule has 3 heterocycles. The number of hydroxylamine groups is 2. The molecule has 1 atom stereocenters. The van der Waals surface area contributed by atoms with Crippen LogP contribution >= 0.6 is 24.8 Å². The van der Waals surface area contributed by atoms with Crippen molar-refractivity contribution in [2.45, 2.75) is 45.1 Å². The van der Waals surface area contributed by atoms with E-state index in [9.17, 15) is 14.4 Å².